The Balaban J connectivity index is 2.81. The Morgan fingerprint density at radius 2 is 1.94 bits per heavy atom. The van der Waals surface area contributed by atoms with Crippen molar-refractivity contribution in [1.82, 2.24) is 4.57 Å². The van der Waals surface area contributed by atoms with E-state index in [4.69, 9.17) is 5.73 Å². The van der Waals surface area contributed by atoms with Crippen LogP contribution in [0.5, 0.6) is 0 Å². The lowest BCUT2D eigenvalue weighted by atomic mass is 10.1. The molecule has 18 heavy (non-hydrogen) atoms. The second kappa shape index (κ2) is 4.31. The van der Waals surface area contributed by atoms with Gasteiger partial charge in [0.25, 0.3) is 0 Å². The number of rotatable bonds is 2. The largest absolute Gasteiger partial charge is 0.417 e. The van der Waals surface area contributed by atoms with Gasteiger partial charge in [0.15, 0.2) is 0 Å². The number of benzene rings is 1. The molecular weight excluding hydrogens is 241 g/mol. The van der Waals surface area contributed by atoms with Gasteiger partial charge < -0.3 is 10.3 Å². The topological polar surface area (TPSA) is 30.9 Å². The van der Waals surface area contributed by atoms with E-state index in [0.29, 0.717) is 5.52 Å². The van der Waals surface area contributed by atoms with Crippen molar-refractivity contribution in [2.24, 2.45) is 5.73 Å². The summed E-state index contributed by atoms with van der Waals surface area (Å²) in [6.45, 7) is 4.09. The normalized spacial score (nSPS) is 12.6. The van der Waals surface area contributed by atoms with Crippen LogP contribution in [-0.4, -0.2) is 4.57 Å². The highest BCUT2D eigenvalue weighted by atomic mass is 19.4. The summed E-state index contributed by atoms with van der Waals surface area (Å²) in [4.78, 5) is 0. The number of halogens is 3. The van der Waals surface area contributed by atoms with Gasteiger partial charge in [-0.2, -0.15) is 13.2 Å². The molecule has 0 bridgehead atoms. The molecular formula is C13H15F3N2. The highest BCUT2D eigenvalue weighted by Crippen LogP contribution is 2.36. The summed E-state index contributed by atoms with van der Waals surface area (Å²) in [6.07, 6.45) is -4.34. The molecule has 5 heteroatoms. The Morgan fingerprint density at radius 1 is 1.28 bits per heavy atom. The van der Waals surface area contributed by atoms with E-state index in [9.17, 15) is 13.2 Å². The van der Waals surface area contributed by atoms with Gasteiger partial charge in [0.1, 0.15) is 0 Å². The maximum absolute atomic E-state index is 12.9. The Hall–Kier alpha value is -1.49. The van der Waals surface area contributed by atoms with Gasteiger partial charge in [-0.15, -0.1) is 0 Å². The van der Waals surface area contributed by atoms with Crippen LogP contribution in [0.25, 0.3) is 10.9 Å². The van der Waals surface area contributed by atoms with Gasteiger partial charge in [-0.1, -0.05) is 6.07 Å². The third-order valence-corrected chi connectivity index (χ3v) is 2.99. The smallest absolute Gasteiger partial charge is 0.341 e. The Labute approximate surface area is 103 Å². The van der Waals surface area contributed by atoms with Crippen molar-refractivity contribution in [3.63, 3.8) is 0 Å². The van der Waals surface area contributed by atoms with Crippen LogP contribution in [0, 0.1) is 0 Å². The summed E-state index contributed by atoms with van der Waals surface area (Å²) in [5.41, 5.74) is 6.31. The van der Waals surface area contributed by atoms with Crippen molar-refractivity contribution in [2.75, 3.05) is 0 Å². The van der Waals surface area contributed by atoms with Crippen LogP contribution in [-0.2, 0) is 12.7 Å². The summed E-state index contributed by atoms with van der Waals surface area (Å²) < 4.78 is 40.6. The number of aromatic nitrogens is 1. The molecule has 2 nitrogen and oxygen atoms in total. The summed E-state index contributed by atoms with van der Waals surface area (Å²) in [5, 5.41) is 0.221. The molecule has 0 radical (unpaired) electrons. The molecule has 0 amide bonds. The van der Waals surface area contributed by atoms with E-state index in [1.165, 1.54) is 12.1 Å². The predicted molar refractivity (Wildman–Crippen MR) is 65.2 cm³/mol. The molecule has 0 aliphatic heterocycles. The lowest BCUT2D eigenvalue weighted by Gasteiger charge is -2.14. The number of nitrogens with two attached hydrogens (primary N) is 1. The van der Waals surface area contributed by atoms with Gasteiger partial charge in [-0.05, 0) is 32.0 Å². The molecule has 1 aromatic carbocycles. The van der Waals surface area contributed by atoms with Crippen molar-refractivity contribution in [2.45, 2.75) is 32.6 Å². The van der Waals surface area contributed by atoms with Crippen molar-refractivity contribution >= 4 is 10.9 Å². The summed E-state index contributed by atoms with van der Waals surface area (Å²) >= 11 is 0. The summed E-state index contributed by atoms with van der Waals surface area (Å²) in [7, 11) is 0. The maximum Gasteiger partial charge on any atom is 0.417 e. The van der Waals surface area contributed by atoms with Crippen LogP contribution >= 0.6 is 0 Å². The number of hydrogen-bond donors (Lipinski definition) is 1. The third kappa shape index (κ3) is 1.99. The molecule has 98 valence electrons. The van der Waals surface area contributed by atoms with Gasteiger partial charge in [0, 0.05) is 29.2 Å². The monoisotopic (exact) mass is 256 g/mol. The zero-order chi connectivity index (χ0) is 13.5. The molecule has 0 aliphatic carbocycles. The average Bonchev–Trinajstić information content (AvgIpc) is 2.65. The summed E-state index contributed by atoms with van der Waals surface area (Å²) in [5.74, 6) is 0. The molecule has 0 atom stereocenters. The zero-order valence-corrected chi connectivity index (χ0v) is 10.3. The quantitative estimate of drug-likeness (QED) is 0.872. The summed E-state index contributed by atoms with van der Waals surface area (Å²) in [6, 6.07) is 5.85. The third-order valence-electron chi connectivity index (χ3n) is 2.99. The first kappa shape index (κ1) is 13.0. The number of hydrogen-bond acceptors (Lipinski definition) is 1. The number of alkyl halides is 3. The van der Waals surface area contributed by atoms with Crippen LogP contribution in [0.1, 0.15) is 31.1 Å². The van der Waals surface area contributed by atoms with E-state index in [2.05, 4.69) is 0 Å². The molecule has 2 rings (SSSR count). The number of fused-ring (bicyclic) bond motifs is 1. The van der Waals surface area contributed by atoms with Gasteiger partial charge in [-0.25, -0.2) is 0 Å². The molecule has 0 saturated carbocycles. The second-order valence-corrected chi connectivity index (χ2v) is 4.54. The fourth-order valence-electron chi connectivity index (χ4n) is 2.32. The second-order valence-electron chi connectivity index (χ2n) is 4.54. The molecule has 0 unspecified atom stereocenters. The zero-order valence-electron chi connectivity index (χ0n) is 10.3. The van der Waals surface area contributed by atoms with E-state index in [1.54, 1.807) is 6.07 Å². The lowest BCUT2D eigenvalue weighted by molar-refractivity contribution is -0.136. The van der Waals surface area contributed by atoms with Crippen molar-refractivity contribution in [1.29, 1.82) is 0 Å². The molecule has 0 spiro atoms. The Kier molecular flexibility index (Phi) is 3.11. The van der Waals surface area contributed by atoms with Crippen molar-refractivity contribution in [3.8, 4) is 0 Å². The molecule has 0 aliphatic rings. The lowest BCUT2D eigenvalue weighted by Crippen LogP contribution is -2.09. The van der Waals surface area contributed by atoms with Gasteiger partial charge >= 0.3 is 6.18 Å². The van der Waals surface area contributed by atoms with Crippen molar-refractivity contribution in [3.05, 3.63) is 35.5 Å². The average molecular weight is 256 g/mol. The van der Waals surface area contributed by atoms with E-state index in [-0.39, 0.29) is 18.0 Å². The first-order chi connectivity index (χ1) is 8.36. The van der Waals surface area contributed by atoms with Gasteiger partial charge in [0.2, 0.25) is 0 Å². The minimum Gasteiger partial charge on any atom is -0.341 e. The highest BCUT2D eigenvalue weighted by Gasteiger charge is 2.33. The van der Waals surface area contributed by atoms with E-state index in [1.807, 2.05) is 18.4 Å². The van der Waals surface area contributed by atoms with Gasteiger partial charge in [-0.3, -0.25) is 0 Å². The Morgan fingerprint density at radius 3 is 2.44 bits per heavy atom. The molecule has 2 aromatic rings. The minimum absolute atomic E-state index is 0.0736. The van der Waals surface area contributed by atoms with E-state index >= 15 is 0 Å². The van der Waals surface area contributed by atoms with Crippen LogP contribution in [0.2, 0.25) is 0 Å². The Bertz CT molecular complexity index is 567. The van der Waals surface area contributed by atoms with Crippen molar-refractivity contribution < 1.29 is 13.2 Å². The number of nitrogens with zero attached hydrogens (tertiary/aromatic N) is 1. The van der Waals surface area contributed by atoms with Crippen LogP contribution in [0.3, 0.4) is 0 Å². The molecule has 1 aromatic heterocycles. The molecule has 2 N–H and O–H groups in total. The van der Waals surface area contributed by atoms with Crippen LogP contribution < -0.4 is 5.73 Å². The first-order valence-electron chi connectivity index (χ1n) is 5.76. The molecule has 1 heterocycles. The standard InChI is InChI=1S/C13H15F3N2/c1-8(2)18-9(7-17)6-10-11(13(14,15)16)4-3-5-12(10)18/h3-6,8H,7,17H2,1-2H3. The fourth-order valence-corrected chi connectivity index (χ4v) is 2.32. The van der Waals surface area contributed by atoms with Crippen LogP contribution in [0.15, 0.2) is 24.3 Å². The van der Waals surface area contributed by atoms with Gasteiger partial charge in [0.05, 0.1) is 5.56 Å². The van der Waals surface area contributed by atoms with E-state index in [0.717, 1.165) is 11.8 Å². The highest BCUT2D eigenvalue weighted by molar-refractivity contribution is 5.85. The molecule has 0 saturated heterocycles. The first-order valence-corrected chi connectivity index (χ1v) is 5.76. The SMILES string of the molecule is CC(C)n1c(CN)cc2c(C(F)(F)F)cccc21. The fraction of sp³-hybridized carbons (Fsp3) is 0.385. The predicted octanol–water partition coefficient (Wildman–Crippen LogP) is 3.70. The molecule has 0 fully saturated rings. The maximum atomic E-state index is 12.9. The van der Waals surface area contributed by atoms with E-state index < -0.39 is 11.7 Å². The minimum atomic E-state index is -4.34. The van der Waals surface area contributed by atoms with Crippen LogP contribution in [0.4, 0.5) is 13.2 Å².